The first kappa shape index (κ1) is 19.1. The highest BCUT2D eigenvalue weighted by atomic mass is 32.2. The van der Waals surface area contributed by atoms with Crippen LogP contribution in [-0.4, -0.2) is 30.2 Å². The topological polar surface area (TPSA) is 97.5 Å². The number of alkyl halides is 6. The molecular weight excluding hydrogens is 336 g/mol. The van der Waals surface area contributed by atoms with Crippen LogP contribution in [-0.2, 0) is 10.1 Å². The van der Waals surface area contributed by atoms with E-state index in [-0.39, 0.29) is 10.6 Å². The molecule has 0 unspecified atom stereocenters. The molecule has 21 heavy (non-hydrogen) atoms. The average Bonchev–Trinajstić information content (AvgIpc) is 2.26. The van der Waals surface area contributed by atoms with Crippen molar-refractivity contribution in [1.29, 1.82) is 0 Å². The Labute approximate surface area is 112 Å². The number of nitro benzene ring substituents is 1. The molecule has 1 rings (SSSR count). The Hall–Kier alpha value is -1.89. The maximum absolute atomic E-state index is 10.5. The smallest absolute Gasteiger partial charge is 0.282 e. The molecular formula is C8H5F6NO5S. The normalized spacial score (nSPS) is 12.3. The van der Waals surface area contributed by atoms with E-state index in [4.69, 9.17) is 4.55 Å². The number of nitrogens with zero attached hydrogens (tertiary/aromatic N) is 1. The summed E-state index contributed by atoms with van der Waals surface area (Å²) in [6.45, 7) is 0. The summed E-state index contributed by atoms with van der Waals surface area (Å²) in [5, 5.41) is 10.2. The highest BCUT2D eigenvalue weighted by Gasteiger charge is 2.58. The second-order valence-electron chi connectivity index (χ2n) is 3.22. The van der Waals surface area contributed by atoms with Gasteiger partial charge in [-0.1, -0.05) is 0 Å². The third-order valence-corrected chi connectivity index (χ3v) is 2.53. The van der Waals surface area contributed by atoms with Crippen molar-refractivity contribution in [2.24, 2.45) is 0 Å². The van der Waals surface area contributed by atoms with Gasteiger partial charge in [0.25, 0.3) is 15.8 Å². The summed E-state index contributed by atoms with van der Waals surface area (Å²) in [5.74, 6) is 0. The monoisotopic (exact) mass is 341 g/mol. The number of non-ortho nitro benzene ring substituents is 1. The summed E-state index contributed by atoms with van der Waals surface area (Å²) >= 11 is 0. The zero-order chi connectivity index (χ0) is 17.1. The Morgan fingerprint density at radius 1 is 0.952 bits per heavy atom. The first-order valence-electron chi connectivity index (χ1n) is 4.51. The minimum absolute atomic E-state index is 0.229. The maximum Gasteiger partial charge on any atom is 0.487 e. The Balaban J connectivity index is 0.000000433. The lowest BCUT2D eigenvalue weighted by atomic mass is 10.3. The molecule has 0 heterocycles. The van der Waals surface area contributed by atoms with Gasteiger partial charge in [-0.2, -0.15) is 34.8 Å². The lowest BCUT2D eigenvalue weighted by Crippen LogP contribution is -2.30. The zero-order valence-electron chi connectivity index (χ0n) is 9.51. The van der Waals surface area contributed by atoms with E-state index in [0.717, 1.165) is 24.3 Å². The van der Waals surface area contributed by atoms with Crippen LogP contribution in [0.5, 0.6) is 0 Å². The second-order valence-corrected chi connectivity index (χ2v) is 4.64. The van der Waals surface area contributed by atoms with E-state index in [0.29, 0.717) is 0 Å². The number of halogens is 6. The van der Waals surface area contributed by atoms with Gasteiger partial charge in [-0.3, -0.25) is 14.7 Å². The van der Waals surface area contributed by atoms with E-state index in [1.807, 2.05) is 0 Å². The molecule has 0 aliphatic carbocycles. The van der Waals surface area contributed by atoms with Crippen LogP contribution < -0.4 is 0 Å². The second kappa shape index (κ2) is 6.26. The molecule has 0 atom stereocenters. The SMILES string of the molecule is FC(F)(F)C(F)(F)F.O=[N+]([O-])c1ccc(S(=O)(=O)O)cc1. The van der Waals surface area contributed by atoms with E-state index in [9.17, 15) is 44.9 Å². The predicted molar refractivity (Wildman–Crippen MR) is 55.0 cm³/mol. The van der Waals surface area contributed by atoms with Crippen LogP contribution >= 0.6 is 0 Å². The standard InChI is InChI=1S/C6H5NO5S.C2F6/c8-7(9)5-1-3-6(4-2-5)13(10,11)12;3-1(4,5)2(6,7)8/h1-4H,(H,10,11,12);. The third kappa shape index (κ3) is 6.40. The van der Waals surface area contributed by atoms with Crippen molar-refractivity contribution in [3.8, 4) is 0 Å². The zero-order valence-corrected chi connectivity index (χ0v) is 10.3. The van der Waals surface area contributed by atoms with Gasteiger partial charge < -0.3 is 0 Å². The molecule has 0 saturated carbocycles. The summed E-state index contributed by atoms with van der Waals surface area (Å²) in [6.07, 6.45) is -12.1. The predicted octanol–water partition coefficient (Wildman–Crippen LogP) is 2.95. The molecule has 0 spiro atoms. The number of rotatable bonds is 2. The van der Waals surface area contributed by atoms with Gasteiger partial charge in [0.1, 0.15) is 0 Å². The van der Waals surface area contributed by atoms with Crippen molar-refractivity contribution in [1.82, 2.24) is 0 Å². The molecule has 0 aliphatic rings. The summed E-state index contributed by atoms with van der Waals surface area (Å²) in [5.41, 5.74) is -0.229. The largest absolute Gasteiger partial charge is 0.487 e. The van der Waals surface area contributed by atoms with Crippen LogP contribution in [0.2, 0.25) is 0 Å². The van der Waals surface area contributed by atoms with Gasteiger partial charge in [0.2, 0.25) is 0 Å². The van der Waals surface area contributed by atoms with Crippen molar-refractivity contribution in [3.63, 3.8) is 0 Å². The van der Waals surface area contributed by atoms with Crippen molar-refractivity contribution in [2.45, 2.75) is 17.2 Å². The van der Waals surface area contributed by atoms with Crippen LogP contribution in [0.25, 0.3) is 0 Å². The van der Waals surface area contributed by atoms with Gasteiger partial charge in [-0.25, -0.2) is 0 Å². The van der Waals surface area contributed by atoms with Crippen molar-refractivity contribution >= 4 is 15.8 Å². The fraction of sp³-hybridized carbons (Fsp3) is 0.250. The summed E-state index contributed by atoms with van der Waals surface area (Å²) in [6, 6.07) is 3.94. The highest BCUT2D eigenvalue weighted by molar-refractivity contribution is 7.85. The third-order valence-electron chi connectivity index (χ3n) is 1.67. The molecule has 6 nitrogen and oxygen atoms in total. The van der Waals surface area contributed by atoms with E-state index in [2.05, 4.69) is 0 Å². The molecule has 1 aromatic carbocycles. The Kier molecular flexibility index (Phi) is 5.69. The molecule has 120 valence electrons. The minimum atomic E-state index is -6.06. The van der Waals surface area contributed by atoms with Gasteiger partial charge in [-0.05, 0) is 12.1 Å². The van der Waals surface area contributed by atoms with E-state index in [1.54, 1.807) is 0 Å². The molecule has 0 amide bonds. The number of hydrogen-bond donors (Lipinski definition) is 1. The fourth-order valence-corrected chi connectivity index (χ4v) is 1.22. The Morgan fingerprint density at radius 2 is 1.29 bits per heavy atom. The van der Waals surface area contributed by atoms with Crippen LogP contribution in [0.4, 0.5) is 32.0 Å². The van der Waals surface area contributed by atoms with Crippen LogP contribution in [0.15, 0.2) is 29.2 Å². The molecule has 1 N–H and O–H groups in total. The maximum atomic E-state index is 10.5. The summed E-state index contributed by atoms with van der Waals surface area (Å²) < 4.78 is 92.1. The number of hydrogen-bond acceptors (Lipinski definition) is 4. The van der Waals surface area contributed by atoms with Crippen molar-refractivity contribution in [2.75, 3.05) is 0 Å². The van der Waals surface area contributed by atoms with Gasteiger partial charge in [0, 0.05) is 12.1 Å². The van der Waals surface area contributed by atoms with Crippen LogP contribution in [0.3, 0.4) is 0 Å². The lowest BCUT2D eigenvalue weighted by Gasteiger charge is -2.08. The van der Waals surface area contributed by atoms with Crippen molar-refractivity contribution in [3.05, 3.63) is 34.4 Å². The van der Waals surface area contributed by atoms with Gasteiger partial charge in [-0.15, -0.1) is 0 Å². The average molecular weight is 341 g/mol. The molecule has 0 radical (unpaired) electrons. The van der Waals surface area contributed by atoms with Crippen molar-refractivity contribution < 1.29 is 44.2 Å². The number of benzene rings is 1. The molecule has 1 aromatic rings. The number of nitro groups is 1. The van der Waals surface area contributed by atoms with Gasteiger partial charge in [0.15, 0.2) is 0 Å². The summed E-state index contributed by atoms with van der Waals surface area (Å²) in [4.78, 5) is 9.13. The van der Waals surface area contributed by atoms with E-state index < -0.39 is 27.4 Å². The van der Waals surface area contributed by atoms with Crippen LogP contribution in [0, 0.1) is 10.1 Å². The molecule has 0 saturated heterocycles. The first-order valence-corrected chi connectivity index (χ1v) is 5.95. The van der Waals surface area contributed by atoms with Crippen LogP contribution in [0.1, 0.15) is 0 Å². The van der Waals surface area contributed by atoms with Gasteiger partial charge >= 0.3 is 12.4 Å². The molecule has 0 fully saturated rings. The quantitative estimate of drug-likeness (QED) is 0.386. The Bertz CT molecular complexity index is 579. The fourth-order valence-electron chi connectivity index (χ4n) is 0.740. The molecule has 13 heteroatoms. The highest BCUT2D eigenvalue weighted by Crippen LogP contribution is 2.35. The summed E-state index contributed by atoms with van der Waals surface area (Å²) in [7, 11) is -4.27. The molecule has 0 aromatic heterocycles. The van der Waals surface area contributed by atoms with E-state index >= 15 is 0 Å². The first-order chi connectivity index (χ1) is 9.16. The van der Waals surface area contributed by atoms with Gasteiger partial charge in [0.05, 0.1) is 9.82 Å². The minimum Gasteiger partial charge on any atom is -0.282 e. The lowest BCUT2D eigenvalue weighted by molar-refractivity contribution is -0.384. The Morgan fingerprint density at radius 3 is 1.48 bits per heavy atom. The molecule has 0 bridgehead atoms. The molecule has 0 aliphatic heterocycles. The van der Waals surface area contributed by atoms with E-state index in [1.165, 1.54) is 0 Å².